The first-order chi connectivity index (χ1) is 10.5. The van der Waals surface area contributed by atoms with Crippen LogP contribution in [-0.2, 0) is 16.0 Å². The van der Waals surface area contributed by atoms with Crippen LogP contribution >= 0.6 is 0 Å². The molecule has 0 spiro atoms. The number of aliphatic hydroxyl groups excluding tert-OH is 1. The topological polar surface area (TPSA) is 78.4 Å². The molecule has 0 heterocycles. The highest BCUT2D eigenvalue weighted by Gasteiger charge is 2.19. The van der Waals surface area contributed by atoms with Gasteiger partial charge in [0.25, 0.3) is 0 Å². The van der Waals surface area contributed by atoms with Crippen LogP contribution < -0.4 is 10.6 Å². The SMILES string of the molecule is CC(C)(C)CC(=O)Nc1ccc(CC(=O)NC(C)(C)CO)cc1. The Bertz CT molecular complexity index is 542. The summed E-state index contributed by atoms with van der Waals surface area (Å²) >= 11 is 0. The van der Waals surface area contributed by atoms with E-state index in [0.29, 0.717) is 6.42 Å². The van der Waals surface area contributed by atoms with Crippen LogP contribution in [0.1, 0.15) is 46.6 Å². The maximum Gasteiger partial charge on any atom is 0.224 e. The molecule has 128 valence electrons. The minimum atomic E-state index is -0.627. The number of rotatable bonds is 6. The highest BCUT2D eigenvalue weighted by atomic mass is 16.3. The largest absolute Gasteiger partial charge is 0.394 e. The van der Waals surface area contributed by atoms with Crippen molar-refractivity contribution in [1.29, 1.82) is 0 Å². The zero-order chi connectivity index (χ0) is 17.7. The highest BCUT2D eigenvalue weighted by Crippen LogP contribution is 2.19. The van der Waals surface area contributed by atoms with Crippen molar-refractivity contribution in [3.8, 4) is 0 Å². The van der Waals surface area contributed by atoms with E-state index in [4.69, 9.17) is 5.11 Å². The summed E-state index contributed by atoms with van der Waals surface area (Å²) in [6.07, 6.45) is 0.688. The van der Waals surface area contributed by atoms with Crippen LogP contribution in [0.25, 0.3) is 0 Å². The van der Waals surface area contributed by atoms with E-state index < -0.39 is 5.54 Å². The summed E-state index contributed by atoms with van der Waals surface area (Å²) in [6, 6.07) is 7.22. The first-order valence-corrected chi connectivity index (χ1v) is 7.81. The third-order valence-electron chi connectivity index (χ3n) is 3.17. The van der Waals surface area contributed by atoms with Crippen molar-refractivity contribution in [3.63, 3.8) is 0 Å². The van der Waals surface area contributed by atoms with Gasteiger partial charge in [-0.05, 0) is 37.0 Å². The predicted molar refractivity (Wildman–Crippen MR) is 92.2 cm³/mol. The fraction of sp³-hybridized carbons (Fsp3) is 0.556. The number of aliphatic hydroxyl groups is 1. The molecule has 0 aliphatic rings. The molecule has 2 amide bonds. The minimum absolute atomic E-state index is 0.0207. The lowest BCUT2D eigenvalue weighted by Crippen LogP contribution is -2.46. The van der Waals surface area contributed by atoms with Gasteiger partial charge in [0.2, 0.25) is 11.8 Å². The molecule has 0 saturated carbocycles. The summed E-state index contributed by atoms with van der Waals surface area (Å²) < 4.78 is 0. The Morgan fingerprint density at radius 3 is 2.04 bits per heavy atom. The van der Waals surface area contributed by atoms with E-state index in [1.807, 2.05) is 32.9 Å². The number of anilines is 1. The molecule has 0 radical (unpaired) electrons. The number of benzene rings is 1. The normalized spacial score (nSPS) is 11.9. The van der Waals surface area contributed by atoms with Gasteiger partial charge in [-0.25, -0.2) is 0 Å². The lowest BCUT2D eigenvalue weighted by molar-refractivity contribution is -0.122. The van der Waals surface area contributed by atoms with E-state index in [2.05, 4.69) is 10.6 Å². The van der Waals surface area contributed by atoms with E-state index in [1.165, 1.54) is 0 Å². The van der Waals surface area contributed by atoms with E-state index >= 15 is 0 Å². The number of hydrogen-bond acceptors (Lipinski definition) is 3. The number of hydrogen-bond donors (Lipinski definition) is 3. The van der Waals surface area contributed by atoms with Crippen molar-refractivity contribution in [2.45, 2.75) is 53.0 Å². The molecule has 0 bridgehead atoms. The second-order valence-electron chi connectivity index (χ2n) is 7.75. The number of amides is 2. The molecule has 0 unspecified atom stereocenters. The van der Waals surface area contributed by atoms with Crippen molar-refractivity contribution in [3.05, 3.63) is 29.8 Å². The third-order valence-corrected chi connectivity index (χ3v) is 3.17. The van der Waals surface area contributed by atoms with Crippen LogP contribution in [0.5, 0.6) is 0 Å². The Kier molecular flexibility index (Phi) is 6.33. The Balaban J connectivity index is 2.57. The Labute approximate surface area is 138 Å². The van der Waals surface area contributed by atoms with Gasteiger partial charge in [0.1, 0.15) is 0 Å². The van der Waals surface area contributed by atoms with Gasteiger partial charge in [-0.15, -0.1) is 0 Å². The molecule has 0 aromatic heterocycles. The molecule has 1 aromatic carbocycles. The minimum Gasteiger partial charge on any atom is -0.394 e. The number of carbonyl (C=O) groups excluding carboxylic acids is 2. The third kappa shape index (κ3) is 7.79. The van der Waals surface area contributed by atoms with Gasteiger partial charge in [0.15, 0.2) is 0 Å². The van der Waals surface area contributed by atoms with Gasteiger partial charge in [-0.3, -0.25) is 9.59 Å². The molecule has 0 aliphatic carbocycles. The van der Waals surface area contributed by atoms with Gasteiger partial charge in [-0.1, -0.05) is 32.9 Å². The van der Waals surface area contributed by atoms with Crippen molar-refractivity contribution >= 4 is 17.5 Å². The van der Waals surface area contributed by atoms with Gasteiger partial charge < -0.3 is 15.7 Å². The molecule has 5 nitrogen and oxygen atoms in total. The molecule has 0 aliphatic heterocycles. The molecule has 0 fully saturated rings. The first-order valence-electron chi connectivity index (χ1n) is 7.81. The van der Waals surface area contributed by atoms with Crippen LogP contribution in [0.4, 0.5) is 5.69 Å². The lowest BCUT2D eigenvalue weighted by atomic mass is 9.92. The van der Waals surface area contributed by atoms with E-state index in [0.717, 1.165) is 11.3 Å². The average molecular weight is 320 g/mol. The fourth-order valence-corrected chi connectivity index (χ4v) is 2.04. The number of carbonyl (C=O) groups is 2. The molecule has 3 N–H and O–H groups in total. The van der Waals surface area contributed by atoms with Crippen LogP contribution in [0, 0.1) is 5.41 Å². The van der Waals surface area contributed by atoms with Gasteiger partial charge in [0.05, 0.1) is 18.6 Å². The molecule has 1 rings (SSSR count). The molecular weight excluding hydrogens is 292 g/mol. The highest BCUT2D eigenvalue weighted by molar-refractivity contribution is 5.91. The van der Waals surface area contributed by atoms with Crippen molar-refractivity contribution in [2.75, 3.05) is 11.9 Å². The summed E-state index contributed by atoms with van der Waals surface area (Å²) in [5, 5.41) is 14.8. The zero-order valence-corrected chi connectivity index (χ0v) is 14.7. The smallest absolute Gasteiger partial charge is 0.224 e. The quantitative estimate of drug-likeness (QED) is 0.753. The number of nitrogens with one attached hydrogen (secondary N) is 2. The predicted octanol–water partition coefficient (Wildman–Crippen LogP) is 2.49. The Morgan fingerprint density at radius 1 is 1.00 bits per heavy atom. The molecule has 0 atom stereocenters. The van der Waals surface area contributed by atoms with Crippen LogP contribution in [-0.4, -0.2) is 29.1 Å². The summed E-state index contributed by atoms with van der Waals surface area (Å²) in [6.45, 7) is 9.46. The Hall–Kier alpha value is -1.88. The summed E-state index contributed by atoms with van der Waals surface area (Å²) in [7, 11) is 0. The molecular formula is C18H28N2O3. The molecule has 5 heteroatoms. The van der Waals surface area contributed by atoms with Crippen molar-refractivity contribution in [1.82, 2.24) is 5.32 Å². The van der Waals surface area contributed by atoms with Crippen LogP contribution in [0.15, 0.2) is 24.3 Å². The average Bonchev–Trinajstić information content (AvgIpc) is 2.38. The van der Waals surface area contributed by atoms with E-state index in [-0.39, 0.29) is 30.3 Å². The maximum atomic E-state index is 11.9. The molecule has 0 saturated heterocycles. The van der Waals surface area contributed by atoms with Crippen molar-refractivity contribution in [2.24, 2.45) is 5.41 Å². The summed E-state index contributed by atoms with van der Waals surface area (Å²) in [5.74, 6) is -0.166. The standard InChI is InChI=1S/C18H28N2O3/c1-17(2,3)11-16(23)19-14-8-6-13(7-9-14)10-15(22)20-18(4,5)12-21/h6-9,21H,10-12H2,1-5H3,(H,19,23)(H,20,22). The second kappa shape index (κ2) is 7.59. The van der Waals surface area contributed by atoms with Gasteiger partial charge in [0, 0.05) is 12.1 Å². The molecule has 1 aromatic rings. The van der Waals surface area contributed by atoms with Crippen LogP contribution in [0.3, 0.4) is 0 Å². The summed E-state index contributed by atoms with van der Waals surface area (Å²) in [5.41, 5.74) is 0.892. The summed E-state index contributed by atoms with van der Waals surface area (Å²) in [4.78, 5) is 23.8. The Morgan fingerprint density at radius 2 is 1.57 bits per heavy atom. The lowest BCUT2D eigenvalue weighted by Gasteiger charge is -2.23. The van der Waals surface area contributed by atoms with Gasteiger partial charge in [-0.2, -0.15) is 0 Å². The van der Waals surface area contributed by atoms with E-state index in [1.54, 1.807) is 26.0 Å². The molecule has 23 heavy (non-hydrogen) atoms. The van der Waals surface area contributed by atoms with Crippen LogP contribution in [0.2, 0.25) is 0 Å². The van der Waals surface area contributed by atoms with Gasteiger partial charge >= 0.3 is 0 Å². The zero-order valence-electron chi connectivity index (χ0n) is 14.7. The second-order valence-corrected chi connectivity index (χ2v) is 7.75. The maximum absolute atomic E-state index is 11.9. The monoisotopic (exact) mass is 320 g/mol. The van der Waals surface area contributed by atoms with E-state index in [9.17, 15) is 9.59 Å². The first kappa shape index (κ1) is 19.2. The fourth-order valence-electron chi connectivity index (χ4n) is 2.04. The van der Waals surface area contributed by atoms with Crippen molar-refractivity contribution < 1.29 is 14.7 Å².